The molecule has 3 aromatic carbocycles. The van der Waals surface area contributed by atoms with Crippen LogP contribution >= 0.6 is 0 Å². The minimum absolute atomic E-state index is 0.0194. The zero-order valence-electron chi connectivity index (χ0n) is 18.6. The number of ether oxygens (including phenoxy) is 1. The average Bonchev–Trinajstić information content (AvgIpc) is 3.19. The molecule has 1 aromatic heterocycles. The molecule has 0 bridgehead atoms. The molecule has 4 aromatic rings. The molecule has 1 amide bonds. The predicted molar refractivity (Wildman–Crippen MR) is 129 cm³/mol. The van der Waals surface area contributed by atoms with Crippen molar-refractivity contribution in [1.29, 1.82) is 0 Å². The maximum Gasteiger partial charge on any atom is 0.307 e. The van der Waals surface area contributed by atoms with Gasteiger partial charge >= 0.3 is 5.97 Å². The van der Waals surface area contributed by atoms with Crippen molar-refractivity contribution in [1.82, 2.24) is 9.47 Å². The Morgan fingerprint density at radius 3 is 2.33 bits per heavy atom. The van der Waals surface area contributed by atoms with Crippen molar-refractivity contribution in [2.75, 3.05) is 13.2 Å². The van der Waals surface area contributed by atoms with Crippen LogP contribution in [0.15, 0.2) is 84.9 Å². The van der Waals surface area contributed by atoms with Crippen molar-refractivity contribution in [2.45, 2.75) is 25.9 Å². The normalized spacial score (nSPS) is 15.5. The molecule has 2 heterocycles. The first-order valence-corrected chi connectivity index (χ1v) is 11.3. The first-order chi connectivity index (χ1) is 16.2. The summed E-state index contributed by atoms with van der Waals surface area (Å²) in [5.41, 5.74) is 4.58. The molecule has 0 N–H and O–H groups in total. The Morgan fingerprint density at radius 1 is 0.939 bits per heavy atom. The van der Waals surface area contributed by atoms with E-state index in [4.69, 9.17) is 4.74 Å². The van der Waals surface area contributed by atoms with E-state index in [1.807, 2.05) is 90.7 Å². The van der Waals surface area contributed by atoms with Crippen LogP contribution in [0, 0.1) is 0 Å². The Bertz CT molecular complexity index is 1290. The third kappa shape index (κ3) is 3.91. The SMILES string of the molecule is CCOC(=O)CC1CN(Cc2ccccc2)C(=O)c2c(-c3ccccc3)c3ccccc3n21. The van der Waals surface area contributed by atoms with Gasteiger partial charge in [-0.1, -0.05) is 78.9 Å². The summed E-state index contributed by atoms with van der Waals surface area (Å²) in [4.78, 5) is 28.3. The fourth-order valence-electron chi connectivity index (χ4n) is 4.83. The summed E-state index contributed by atoms with van der Waals surface area (Å²) in [7, 11) is 0. The number of fused-ring (bicyclic) bond motifs is 3. The van der Waals surface area contributed by atoms with Crippen LogP contribution in [0.4, 0.5) is 0 Å². The molecule has 0 fully saturated rings. The number of esters is 1. The number of benzene rings is 3. The Hall–Kier alpha value is -3.86. The van der Waals surface area contributed by atoms with Crippen LogP contribution in [-0.2, 0) is 16.1 Å². The fraction of sp³-hybridized carbons (Fsp3) is 0.214. The van der Waals surface area contributed by atoms with Crippen molar-refractivity contribution in [2.24, 2.45) is 0 Å². The maximum atomic E-state index is 13.9. The average molecular weight is 439 g/mol. The van der Waals surface area contributed by atoms with Crippen LogP contribution in [0.2, 0.25) is 0 Å². The third-order valence-electron chi connectivity index (χ3n) is 6.18. The summed E-state index contributed by atoms with van der Waals surface area (Å²) in [6, 6.07) is 27.8. The van der Waals surface area contributed by atoms with E-state index < -0.39 is 0 Å². The van der Waals surface area contributed by atoms with E-state index in [2.05, 4.69) is 10.6 Å². The summed E-state index contributed by atoms with van der Waals surface area (Å²) >= 11 is 0. The number of hydrogen-bond acceptors (Lipinski definition) is 3. The van der Waals surface area contributed by atoms with Gasteiger partial charge in [-0.05, 0) is 24.1 Å². The fourth-order valence-corrected chi connectivity index (χ4v) is 4.83. The number of carbonyl (C=O) groups is 2. The van der Waals surface area contributed by atoms with Crippen molar-refractivity contribution in [3.63, 3.8) is 0 Å². The van der Waals surface area contributed by atoms with E-state index in [0.717, 1.165) is 27.6 Å². The largest absolute Gasteiger partial charge is 0.466 e. The molecule has 1 atom stereocenters. The van der Waals surface area contributed by atoms with E-state index in [1.54, 1.807) is 0 Å². The van der Waals surface area contributed by atoms with Gasteiger partial charge in [-0.15, -0.1) is 0 Å². The van der Waals surface area contributed by atoms with Gasteiger partial charge in [-0.3, -0.25) is 9.59 Å². The number of nitrogens with zero attached hydrogens (tertiary/aromatic N) is 2. The molecular formula is C28H26N2O3. The number of para-hydroxylation sites is 1. The molecule has 0 saturated heterocycles. The molecule has 33 heavy (non-hydrogen) atoms. The van der Waals surface area contributed by atoms with Gasteiger partial charge in [0, 0.05) is 29.6 Å². The zero-order chi connectivity index (χ0) is 22.8. The molecule has 0 aliphatic carbocycles. The molecule has 5 heteroatoms. The Kier molecular flexibility index (Phi) is 5.69. The molecular weight excluding hydrogens is 412 g/mol. The first kappa shape index (κ1) is 21.0. The summed E-state index contributed by atoms with van der Waals surface area (Å²) in [6.07, 6.45) is 0.215. The topological polar surface area (TPSA) is 51.5 Å². The van der Waals surface area contributed by atoms with Crippen LogP contribution in [-0.4, -0.2) is 34.5 Å². The summed E-state index contributed by atoms with van der Waals surface area (Å²) in [5, 5.41) is 1.02. The molecule has 0 saturated carbocycles. The van der Waals surface area contributed by atoms with Gasteiger partial charge < -0.3 is 14.2 Å². The molecule has 1 aliphatic rings. The highest BCUT2D eigenvalue weighted by Gasteiger charge is 2.37. The van der Waals surface area contributed by atoms with Crippen molar-refractivity contribution in [3.05, 3.63) is 96.2 Å². The lowest BCUT2D eigenvalue weighted by Crippen LogP contribution is -2.43. The number of rotatable bonds is 6. The smallest absolute Gasteiger partial charge is 0.307 e. The number of amides is 1. The number of carbonyl (C=O) groups excluding carboxylic acids is 2. The molecule has 166 valence electrons. The lowest BCUT2D eigenvalue weighted by Gasteiger charge is -2.35. The van der Waals surface area contributed by atoms with E-state index >= 15 is 0 Å². The van der Waals surface area contributed by atoms with E-state index in [9.17, 15) is 9.59 Å². The van der Waals surface area contributed by atoms with Crippen LogP contribution < -0.4 is 0 Å². The van der Waals surface area contributed by atoms with Gasteiger partial charge in [0.1, 0.15) is 5.69 Å². The van der Waals surface area contributed by atoms with Gasteiger partial charge in [-0.2, -0.15) is 0 Å². The van der Waals surface area contributed by atoms with Crippen molar-refractivity contribution < 1.29 is 14.3 Å². The van der Waals surface area contributed by atoms with E-state index in [1.165, 1.54) is 0 Å². The van der Waals surface area contributed by atoms with Gasteiger partial charge in [0.25, 0.3) is 5.91 Å². The monoisotopic (exact) mass is 438 g/mol. The predicted octanol–water partition coefficient (Wildman–Crippen LogP) is 5.46. The van der Waals surface area contributed by atoms with Gasteiger partial charge in [0.15, 0.2) is 0 Å². The zero-order valence-corrected chi connectivity index (χ0v) is 18.6. The lowest BCUT2D eigenvalue weighted by atomic mass is 10.00. The first-order valence-electron chi connectivity index (χ1n) is 11.3. The Morgan fingerprint density at radius 2 is 1.61 bits per heavy atom. The van der Waals surface area contributed by atoms with E-state index in [0.29, 0.717) is 25.4 Å². The lowest BCUT2D eigenvalue weighted by molar-refractivity contribution is -0.144. The van der Waals surface area contributed by atoms with Gasteiger partial charge in [0.05, 0.1) is 19.1 Å². The number of hydrogen-bond donors (Lipinski definition) is 0. The third-order valence-corrected chi connectivity index (χ3v) is 6.18. The molecule has 5 rings (SSSR count). The summed E-state index contributed by atoms with van der Waals surface area (Å²) in [6.45, 7) is 3.10. The highest BCUT2D eigenvalue weighted by molar-refractivity contribution is 6.11. The molecule has 0 spiro atoms. The van der Waals surface area contributed by atoms with Crippen LogP contribution in [0.25, 0.3) is 22.0 Å². The molecule has 1 aliphatic heterocycles. The Labute approximate surface area is 193 Å². The summed E-state index contributed by atoms with van der Waals surface area (Å²) in [5.74, 6) is -0.268. The molecule has 1 unspecified atom stereocenters. The minimum atomic E-state index is -0.249. The number of aromatic nitrogens is 1. The highest BCUT2D eigenvalue weighted by atomic mass is 16.5. The van der Waals surface area contributed by atoms with Crippen molar-refractivity contribution in [3.8, 4) is 11.1 Å². The second-order valence-corrected chi connectivity index (χ2v) is 8.31. The van der Waals surface area contributed by atoms with Crippen LogP contribution in [0.1, 0.15) is 35.4 Å². The van der Waals surface area contributed by atoms with Crippen LogP contribution in [0.5, 0.6) is 0 Å². The van der Waals surface area contributed by atoms with E-state index in [-0.39, 0.29) is 24.3 Å². The Balaban J connectivity index is 1.69. The second kappa shape index (κ2) is 8.94. The highest BCUT2D eigenvalue weighted by Crippen LogP contribution is 2.41. The maximum absolute atomic E-state index is 13.9. The van der Waals surface area contributed by atoms with Crippen molar-refractivity contribution >= 4 is 22.8 Å². The molecule has 5 nitrogen and oxygen atoms in total. The summed E-state index contributed by atoms with van der Waals surface area (Å²) < 4.78 is 7.36. The van der Waals surface area contributed by atoms with Crippen LogP contribution in [0.3, 0.4) is 0 Å². The second-order valence-electron chi connectivity index (χ2n) is 8.31. The molecule has 0 radical (unpaired) electrons. The van der Waals surface area contributed by atoms with Gasteiger partial charge in [-0.25, -0.2) is 0 Å². The quantitative estimate of drug-likeness (QED) is 0.376. The standard InChI is InChI=1S/C28H26N2O3/c1-2-33-25(31)17-22-19-29(18-20-11-5-3-6-12-20)28(32)27-26(21-13-7-4-8-14-21)23-15-9-10-16-24(23)30(22)27/h3-16,22H,2,17-19H2,1H3. The van der Waals surface area contributed by atoms with Gasteiger partial charge in [0.2, 0.25) is 0 Å². The minimum Gasteiger partial charge on any atom is -0.466 e.